The molecule has 0 spiro atoms. The molecule has 0 fully saturated rings. The fourth-order valence-corrected chi connectivity index (χ4v) is 2.57. The SMILES string of the molecule is CCCCCC/C=C\CCCC(=O)CCCCCCCC. The quantitative estimate of drug-likeness (QED) is 0.221. The van der Waals surface area contributed by atoms with Crippen molar-refractivity contribution in [2.45, 2.75) is 110 Å². The Morgan fingerprint density at radius 1 is 0.619 bits per heavy atom. The molecule has 0 radical (unpaired) electrons. The molecule has 0 heterocycles. The largest absolute Gasteiger partial charge is 0.300 e. The first-order chi connectivity index (χ1) is 10.3. The van der Waals surface area contributed by atoms with Gasteiger partial charge in [0.15, 0.2) is 0 Å². The molecule has 0 unspecified atom stereocenters. The molecule has 0 aromatic rings. The van der Waals surface area contributed by atoms with Crippen molar-refractivity contribution < 1.29 is 4.79 Å². The molecule has 0 amide bonds. The molecule has 1 heteroatoms. The highest BCUT2D eigenvalue weighted by atomic mass is 16.1. The van der Waals surface area contributed by atoms with Crippen LogP contribution in [0.2, 0.25) is 0 Å². The lowest BCUT2D eigenvalue weighted by Gasteiger charge is -2.01. The van der Waals surface area contributed by atoms with Gasteiger partial charge in [-0.05, 0) is 32.1 Å². The van der Waals surface area contributed by atoms with Crippen molar-refractivity contribution in [2.24, 2.45) is 0 Å². The number of carbonyl (C=O) groups excluding carboxylic acids is 1. The van der Waals surface area contributed by atoms with Crippen molar-refractivity contribution in [1.82, 2.24) is 0 Å². The minimum Gasteiger partial charge on any atom is -0.300 e. The summed E-state index contributed by atoms with van der Waals surface area (Å²) in [7, 11) is 0. The van der Waals surface area contributed by atoms with Crippen LogP contribution in [0.5, 0.6) is 0 Å². The van der Waals surface area contributed by atoms with E-state index >= 15 is 0 Å². The molecule has 0 aliphatic rings. The normalized spacial score (nSPS) is 11.3. The molecule has 0 N–H and O–H groups in total. The van der Waals surface area contributed by atoms with Gasteiger partial charge in [0.25, 0.3) is 0 Å². The van der Waals surface area contributed by atoms with Gasteiger partial charge in [0.1, 0.15) is 5.78 Å². The second-order valence-electron chi connectivity index (χ2n) is 6.27. The third kappa shape index (κ3) is 17.4. The minimum absolute atomic E-state index is 0.474. The van der Waals surface area contributed by atoms with Crippen LogP contribution in [0.3, 0.4) is 0 Å². The van der Waals surface area contributed by atoms with Crippen molar-refractivity contribution >= 4 is 5.78 Å². The number of unbranched alkanes of at least 4 members (excludes halogenated alkanes) is 10. The van der Waals surface area contributed by atoms with Gasteiger partial charge >= 0.3 is 0 Å². The number of ketones is 1. The molecule has 0 aromatic carbocycles. The van der Waals surface area contributed by atoms with E-state index in [2.05, 4.69) is 26.0 Å². The average molecular weight is 295 g/mol. The summed E-state index contributed by atoms with van der Waals surface area (Å²) in [4.78, 5) is 11.7. The zero-order valence-corrected chi connectivity index (χ0v) is 14.7. The summed E-state index contributed by atoms with van der Waals surface area (Å²) in [6.07, 6.45) is 22.5. The molecule has 1 nitrogen and oxygen atoms in total. The van der Waals surface area contributed by atoms with Gasteiger partial charge < -0.3 is 0 Å². The van der Waals surface area contributed by atoms with Gasteiger partial charge in [-0.15, -0.1) is 0 Å². The van der Waals surface area contributed by atoms with E-state index in [9.17, 15) is 4.79 Å². The van der Waals surface area contributed by atoms with E-state index in [0.717, 1.165) is 32.1 Å². The van der Waals surface area contributed by atoms with Gasteiger partial charge in [-0.25, -0.2) is 0 Å². The second kappa shape index (κ2) is 17.5. The Balaban J connectivity index is 3.24. The lowest BCUT2D eigenvalue weighted by atomic mass is 10.0. The van der Waals surface area contributed by atoms with E-state index in [-0.39, 0.29) is 0 Å². The third-order valence-electron chi connectivity index (χ3n) is 4.03. The number of hydrogen-bond donors (Lipinski definition) is 0. The zero-order chi connectivity index (χ0) is 15.6. The Hall–Kier alpha value is -0.590. The predicted molar refractivity (Wildman–Crippen MR) is 94.8 cm³/mol. The monoisotopic (exact) mass is 294 g/mol. The van der Waals surface area contributed by atoms with Crippen LogP contribution in [-0.2, 0) is 4.79 Å². The summed E-state index contributed by atoms with van der Waals surface area (Å²) >= 11 is 0. The Bertz CT molecular complexity index is 242. The number of allylic oxidation sites excluding steroid dienone is 2. The van der Waals surface area contributed by atoms with Gasteiger partial charge in [0.2, 0.25) is 0 Å². The summed E-state index contributed by atoms with van der Waals surface area (Å²) < 4.78 is 0. The molecule has 0 saturated heterocycles. The summed E-state index contributed by atoms with van der Waals surface area (Å²) in [5.74, 6) is 0.474. The molecule has 0 rings (SSSR count). The maximum absolute atomic E-state index is 11.7. The molecule has 124 valence electrons. The van der Waals surface area contributed by atoms with Crippen LogP contribution in [0.1, 0.15) is 110 Å². The molecule has 0 aliphatic heterocycles. The van der Waals surface area contributed by atoms with Crippen LogP contribution in [0, 0.1) is 0 Å². The maximum atomic E-state index is 11.7. The number of Topliss-reactive ketones (excluding diaryl/α,β-unsaturated/α-hetero) is 1. The van der Waals surface area contributed by atoms with Crippen LogP contribution in [0.25, 0.3) is 0 Å². The number of rotatable bonds is 16. The molecule has 0 bridgehead atoms. The van der Waals surface area contributed by atoms with Crippen molar-refractivity contribution in [1.29, 1.82) is 0 Å². The van der Waals surface area contributed by atoms with Crippen LogP contribution in [0.15, 0.2) is 12.2 Å². The predicted octanol–water partition coefficient (Wildman–Crippen LogP) is 7.00. The molecule has 0 aromatic heterocycles. The maximum Gasteiger partial charge on any atom is 0.132 e. The highest BCUT2D eigenvalue weighted by Crippen LogP contribution is 2.10. The van der Waals surface area contributed by atoms with E-state index in [4.69, 9.17) is 0 Å². The Morgan fingerprint density at radius 2 is 1.10 bits per heavy atom. The summed E-state index contributed by atoms with van der Waals surface area (Å²) in [5, 5.41) is 0. The summed E-state index contributed by atoms with van der Waals surface area (Å²) in [6, 6.07) is 0. The van der Waals surface area contributed by atoms with Crippen LogP contribution in [-0.4, -0.2) is 5.78 Å². The fraction of sp³-hybridized carbons (Fsp3) is 0.850. The minimum atomic E-state index is 0.474. The van der Waals surface area contributed by atoms with Gasteiger partial charge in [-0.1, -0.05) is 77.4 Å². The molecular formula is C20H38O. The lowest BCUT2D eigenvalue weighted by molar-refractivity contribution is -0.119. The number of carbonyl (C=O) groups is 1. The molecule has 21 heavy (non-hydrogen) atoms. The van der Waals surface area contributed by atoms with Crippen molar-refractivity contribution in [3.63, 3.8) is 0 Å². The van der Waals surface area contributed by atoms with E-state index in [1.165, 1.54) is 64.2 Å². The Kier molecular flexibility index (Phi) is 17.0. The van der Waals surface area contributed by atoms with Gasteiger partial charge in [0.05, 0.1) is 0 Å². The molecule has 0 atom stereocenters. The second-order valence-corrected chi connectivity index (χ2v) is 6.27. The topological polar surface area (TPSA) is 17.1 Å². The summed E-state index contributed by atoms with van der Waals surface area (Å²) in [6.45, 7) is 4.49. The molecule has 0 saturated carbocycles. The first-order valence-electron chi connectivity index (χ1n) is 9.48. The van der Waals surface area contributed by atoms with E-state index in [1.807, 2.05) is 0 Å². The highest BCUT2D eigenvalue weighted by Gasteiger charge is 2.00. The van der Waals surface area contributed by atoms with Gasteiger partial charge in [0, 0.05) is 12.8 Å². The van der Waals surface area contributed by atoms with Gasteiger partial charge in [-0.3, -0.25) is 4.79 Å². The lowest BCUT2D eigenvalue weighted by Crippen LogP contribution is -1.97. The van der Waals surface area contributed by atoms with Crippen LogP contribution < -0.4 is 0 Å². The zero-order valence-electron chi connectivity index (χ0n) is 14.7. The summed E-state index contributed by atoms with van der Waals surface area (Å²) in [5.41, 5.74) is 0. The van der Waals surface area contributed by atoms with Crippen molar-refractivity contribution in [2.75, 3.05) is 0 Å². The van der Waals surface area contributed by atoms with E-state index in [1.54, 1.807) is 0 Å². The Morgan fingerprint density at radius 3 is 1.76 bits per heavy atom. The third-order valence-corrected chi connectivity index (χ3v) is 4.03. The first-order valence-corrected chi connectivity index (χ1v) is 9.48. The van der Waals surface area contributed by atoms with Crippen LogP contribution in [0.4, 0.5) is 0 Å². The highest BCUT2D eigenvalue weighted by molar-refractivity contribution is 5.78. The van der Waals surface area contributed by atoms with Crippen LogP contribution >= 0.6 is 0 Å². The standard InChI is InChI=1S/C20H38O/c1-3-5-7-9-11-12-13-15-17-19-20(21)18-16-14-10-8-6-4-2/h12-13H,3-11,14-19H2,1-2H3/b13-12-. The first kappa shape index (κ1) is 20.4. The molecule has 0 aliphatic carbocycles. The van der Waals surface area contributed by atoms with Crippen molar-refractivity contribution in [3.05, 3.63) is 12.2 Å². The molecular weight excluding hydrogens is 256 g/mol. The van der Waals surface area contributed by atoms with Gasteiger partial charge in [-0.2, -0.15) is 0 Å². The van der Waals surface area contributed by atoms with Crippen molar-refractivity contribution in [3.8, 4) is 0 Å². The van der Waals surface area contributed by atoms with E-state index < -0.39 is 0 Å². The average Bonchev–Trinajstić information content (AvgIpc) is 2.49. The fourth-order valence-electron chi connectivity index (χ4n) is 2.57. The smallest absolute Gasteiger partial charge is 0.132 e. The Labute approximate surface area is 133 Å². The van der Waals surface area contributed by atoms with E-state index in [0.29, 0.717) is 5.78 Å². The number of hydrogen-bond acceptors (Lipinski definition) is 1.